The molecule has 14 heavy (non-hydrogen) atoms. The predicted octanol–water partition coefficient (Wildman–Crippen LogP) is 1.29. The molecule has 1 fully saturated rings. The fourth-order valence-electron chi connectivity index (χ4n) is 1.75. The van der Waals surface area contributed by atoms with Crippen molar-refractivity contribution in [1.29, 1.82) is 0 Å². The van der Waals surface area contributed by atoms with Crippen LogP contribution < -0.4 is 5.32 Å². The van der Waals surface area contributed by atoms with E-state index in [0.717, 1.165) is 39.4 Å². The summed E-state index contributed by atoms with van der Waals surface area (Å²) in [5.41, 5.74) is 0.230. The van der Waals surface area contributed by atoms with Crippen LogP contribution in [-0.2, 0) is 9.47 Å². The smallest absolute Gasteiger partial charge is 0.0529 e. The highest BCUT2D eigenvalue weighted by atomic mass is 16.5. The highest BCUT2D eigenvalue weighted by Crippen LogP contribution is 2.17. The summed E-state index contributed by atoms with van der Waals surface area (Å²) in [6, 6.07) is 0. The fraction of sp³-hybridized carbons (Fsp3) is 1.00. The minimum Gasteiger partial charge on any atom is -0.381 e. The van der Waals surface area contributed by atoms with Crippen LogP contribution in [0.25, 0.3) is 0 Å². The Morgan fingerprint density at radius 3 is 2.86 bits per heavy atom. The molecule has 1 rings (SSSR count). The maximum Gasteiger partial charge on any atom is 0.0529 e. The molecule has 0 aromatic carbocycles. The first kappa shape index (κ1) is 12.0. The van der Waals surface area contributed by atoms with Crippen LogP contribution in [0, 0.1) is 11.3 Å². The van der Waals surface area contributed by atoms with Crippen LogP contribution in [0.15, 0.2) is 0 Å². The number of ether oxygens (including phenoxy) is 2. The van der Waals surface area contributed by atoms with Gasteiger partial charge in [-0.2, -0.15) is 0 Å². The van der Waals surface area contributed by atoms with Crippen molar-refractivity contribution in [2.75, 3.05) is 40.0 Å². The second kappa shape index (κ2) is 5.69. The van der Waals surface area contributed by atoms with E-state index in [2.05, 4.69) is 19.2 Å². The molecule has 1 atom stereocenters. The molecule has 84 valence electrons. The molecular formula is C11H23NO2. The van der Waals surface area contributed by atoms with Crippen molar-refractivity contribution < 1.29 is 9.47 Å². The monoisotopic (exact) mass is 201 g/mol. The third-order valence-corrected chi connectivity index (χ3v) is 2.53. The third-order valence-electron chi connectivity index (χ3n) is 2.53. The Morgan fingerprint density at radius 1 is 1.50 bits per heavy atom. The van der Waals surface area contributed by atoms with Crippen molar-refractivity contribution in [2.45, 2.75) is 20.3 Å². The number of hydrogen-bond donors (Lipinski definition) is 1. The maximum atomic E-state index is 5.71. The van der Waals surface area contributed by atoms with Gasteiger partial charge in [-0.15, -0.1) is 0 Å². The minimum atomic E-state index is 0.230. The van der Waals surface area contributed by atoms with Gasteiger partial charge < -0.3 is 14.8 Å². The summed E-state index contributed by atoms with van der Waals surface area (Å²) < 4.78 is 11.0. The van der Waals surface area contributed by atoms with Crippen LogP contribution in [0.5, 0.6) is 0 Å². The van der Waals surface area contributed by atoms with Crippen molar-refractivity contribution in [3.05, 3.63) is 0 Å². The largest absolute Gasteiger partial charge is 0.381 e. The average molecular weight is 201 g/mol. The second-order valence-corrected chi connectivity index (χ2v) is 4.94. The Bertz CT molecular complexity index is 153. The first-order valence-corrected chi connectivity index (χ1v) is 5.44. The van der Waals surface area contributed by atoms with Gasteiger partial charge in [0, 0.05) is 24.5 Å². The lowest BCUT2D eigenvalue weighted by Gasteiger charge is -2.24. The molecule has 3 heteroatoms. The van der Waals surface area contributed by atoms with Gasteiger partial charge in [0.1, 0.15) is 0 Å². The lowest BCUT2D eigenvalue weighted by Crippen LogP contribution is -2.32. The zero-order valence-corrected chi connectivity index (χ0v) is 9.64. The van der Waals surface area contributed by atoms with Crippen molar-refractivity contribution in [3.63, 3.8) is 0 Å². The van der Waals surface area contributed by atoms with Crippen LogP contribution in [-0.4, -0.2) is 40.0 Å². The number of hydrogen-bond acceptors (Lipinski definition) is 3. The SMILES string of the molecule is CNCC(C)(C)COCC1CCOC1. The average Bonchev–Trinajstić information content (AvgIpc) is 2.56. The molecule has 1 unspecified atom stereocenters. The van der Waals surface area contributed by atoms with Crippen molar-refractivity contribution >= 4 is 0 Å². The van der Waals surface area contributed by atoms with Crippen LogP contribution in [0.2, 0.25) is 0 Å². The summed E-state index contributed by atoms with van der Waals surface area (Å²) >= 11 is 0. The molecule has 1 heterocycles. The van der Waals surface area contributed by atoms with E-state index in [-0.39, 0.29) is 5.41 Å². The molecule has 1 saturated heterocycles. The van der Waals surface area contributed by atoms with E-state index in [1.807, 2.05) is 7.05 Å². The predicted molar refractivity (Wildman–Crippen MR) is 57.5 cm³/mol. The molecule has 1 aliphatic heterocycles. The summed E-state index contributed by atoms with van der Waals surface area (Å²) in [5.74, 6) is 0.625. The van der Waals surface area contributed by atoms with Crippen LogP contribution in [0.4, 0.5) is 0 Å². The summed E-state index contributed by atoms with van der Waals surface area (Å²) in [7, 11) is 1.98. The molecule has 0 bridgehead atoms. The van der Waals surface area contributed by atoms with E-state index in [1.54, 1.807) is 0 Å². The molecule has 1 N–H and O–H groups in total. The highest BCUT2D eigenvalue weighted by Gasteiger charge is 2.20. The van der Waals surface area contributed by atoms with Crippen LogP contribution >= 0.6 is 0 Å². The van der Waals surface area contributed by atoms with Crippen molar-refractivity contribution in [3.8, 4) is 0 Å². The van der Waals surface area contributed by atoms with E-state index < -0.39 is 0 Å². The maximum absolute atomic E-state index is 5.71. The summed E-state index contributed by atoms with van der Waals surface area (Å²) in [6.07, 6.45) is 1.16. The number of rotatable bonds is 6. The van der Waals surface area contributed by atoms with E-state index in [4.69, 9.17) is 9.47 Å². The van der Waals surface area contributed by atoms with E-state index >= 15 is 0 Å². The Balaban J connectivity index is 2.07. The molecule has 0 saturated carbocycles. The molecule has 0 aromatic heterocycles. The molecule has 0 aliphatic carbocycles. The van der Waals surface area contributed by atoms with Gasteiger partial charge in [0.2, 0.25) is 0 Å². The standard InChI is InChI=1S/C11H23NO2/c1-11(2,8-12-3)9-14-7-10-4-5-13-6-10/h10,12H,4-9H2,1-3H3. The summed E-state index contributed by atoms with van der Waals surface area (Å²) in [4.78, 5) is 0. The Morgan fingerprint density at radius 2 is 2.29 bits per heavy atom. The minimum absolute atomic E-state index is 0.230. The summed E-state index contributed by atoms with van der Waals surface area (Å²) in [5, 5.41) is 3.18. The van der Waals surface area contributed by atoms with Gasteiger partial charge in [-0.25, -0.2) is 0 Å². The highest BCUT2D eigenvalue weighted by molar-refractivity contribution is 4.70. The van der Waals surface area contributed by atoms with Gasteiger partial charge in [0.05, 0.1) is 19.8 Å². The normalized spacial score (nSPS) is 22.9. The topological polar surface area (TPSA) is 30.5 Å². The van der Waals surface area contributed by atoms with Crippen LogP contribution in [0.1, 0.15) is 20.3 Å². The lowest BCUT2D eigenvalue weighted by atomic mass is 9.95. The quantitative estimate of drug-likeness (QED) is 0.702. The van der Waals surface area contributed by atoms with Gasteiger partial charge in [-0.05, 0) is 13.5 Å². The van der Waals surface area contributed by atoms with Crippen molar-refractivity contribution in [2.24, 2.45) is 11.3 Å². The molecule has 3 nitrogen and oxygen atoms in total. The van der Waals surface area contributed by atoms with Gasteiger partial charge in [0.25, 0.3) is 0 Å². The Kier molecular flexibility index (Phi) is 4.85. The molecule has 0 spiro atoms. The summed E-state index contributed by atoms with van der Waals surface area (Å²) in [6.45, 7) is 8.90. The van der Waals surface area contributed by atoms with E-state index in [9.17, 15) is 0 Å². The molecule has 1 aliphatic rings. The first-order valence-electron chi connectivity index (χ1n) is 5.44. The zero-order chi connectivity index (χ0) is 10.4. The Hall–Kier alpha value is -0.120. The Labute approximate surface area is 87.2 Å². The van der Waals surface area contributed by atoms with Crippen LogP contribution in [0.3, 0.4) is 0 Å². The van der Waals surface area contributed by atoms with Gasteiger partial charge in [-0.3, -0.25) is 0 Å². The zero-order valence-electron chi connectivity index (χ0n) is 9.64. The van der Waals surface area contributed by atoms with E-state index in [1.165, 1.54) is 0 Å². The number of nitrogens with one attached hydrogen (secondary N) is 1. The lowest BCUT2D eigenvalue weighted by molar-refractivity contribution is 0.0378. The second-order valence-electron chi connectivity index (χ2n) is 4.94. The molecule has 0 amide bonds. The van der Waals surface area contributed by atoms with Gasteiger partial charge in [-0.1, -0.05) is 13.8 Å². The molecule has 0 radical (unpaired) electrons. The van der Waals surface area contributed by atoms with Gasteiger partial charge >= 0.3 is 0 Å². The third kappa shape index (κ3) is 4.40. The molecular weight excluding hydrogens is 178 g/mol. The van der Waals surface area contributed by atoms with Gasteiger partial charge in [0.15, 0.2) is 0 Å². The fourth-order valence-corrected chi connectivity index (χ4v) is 1.75. The molecule has 0 aromatic rings. The first-order chi connectivity index (χ1) is 6.64. The van der Waals surface area contributed by atoms with E-state index in [0.29, 0.717) is 5.92 Å². The van der Waals surface area contributed by atoms with Crippen molar-refractivity contribution in [1.82, 2.24) is 5.32 Å².